The van der Waals surface area contributed by atoms with Crippen LogP contribution in [-0.2, 0) is 11.2 Å². The third-order valence-corrected chi connectivity index (χ3v) is 4.49. The van der Waals surface area contributed by atoms with Crippen LogP contribution in [0.3, 0.4) is 0 Å². The molecule has 3 atom stereocenters. The minimum atomic E-state index is 0.209. The number of nitrogens with one attached hydrogen (secondary N) is 1. The first-order valence-corrected chi connectivity index (χ1v) is 7.35. The predicted molar refractivity (Wildman–Crippen MR) is 78.6 cm³/mol. The van der Waals surface area contributed by atoms with E-state index in [0.717, 1.165) is 18.6 Å². The van der Waals surface area contributed by atoms with Crippen molar-refractivity contribution in [2.75, 3.05) is 13.7 Å². The van der Waals surface area contributed by atoms with Gasteiger partial charge < -0.3 is 10.1 Å². The minimum Gasteiger partial charge on any atom is -0.497 e. The molecule has 0 spiro atoms. The van der Waals surface area contributed by atoms with Gasteiger partial charge in [0.1, 0.15) is 5.75 Å². The number of carbonyl (C=O) groups is 1. The molecule has 1 N–H and O–H groups in total. The van der Waals surface area contributed by atoms with Crippen molar-refractivity contribution in [2.45, 2.75) is 19.3 Å². The quantitative estimate of drug-likeness (QED) is 0.836. The fourth-order valence-electron chi connectivity index (χ4n) is 3.34. The van der Waals surface area contributed by atoms with Gasteiger partial charge in [0, 0.05) is 12.5 Å². The van der Waals surface area contributed by atoms with E-state index in [4.69, 9.17) is 4.74 Å². The van der Waals surface area contributed by atoms with Gasteiger partial charge in [0.15, 0.2) is 0 Å². The highest BCUT2D eigenvalue weighted by Crippen LogP contribution is 2.43. The molecule has 0 aliphatic heterocycles. The van der Waals surface area contributed by atoms with Crippen LogP contribution in [0.2, 0.25) is 0 Å². The van der Waals surface area contributed by atoms with E-state index in [1.165, 1.54) is 12.0 Å². The van der Waals surface area contributed by atoms with E-state index in [1.54, 1.807) is 7.11 Å². The fourth-order valence-corrected chi connectivity index (χ4v) is 3.34. The Balaban J connectivity index is 1.45. The number of allylic oxidation sites excluding steroid dienone is 2. The highest BCUT2D eigenvalue weighted by Gasteiger charge is 2.39. The number of ether oxygens (including phenoxy) is 1. The second-order valence-corrected chi connectivity index (χ2v) is 5.78. The Hall–Kier alpha value is -1.77. The molecule has 106 valence electrons. The Morgan fingerprint density at radius 3 is 2.65 bits per heavy atom. The highest BCUT2D eigenvalue weighted by atomic mass is 16.5. The molecule has 1 amide bonds. The molecule has 1 fully saturated rings. The van der Waals surface area contributed by atoms with E-state index in [0.29, 0.717) is 18.4 Å². The molecular formula is C17H21NO2. The van der Waals surface area contributed by atoms with Gasteiger partial charge >= 0.3 is 0 Å². The molecule has 0 radical (unpaired) electrons. The monoisotopic (exact) mass is 271 g/mol. The minimum absolute atomic E-state index is 0.209. The van der Waals surface area contributed by atoms with Gasteiger partial charge in [-0.15, -0.1) is 0 Å². The van der Waals surface area contributed by atoms with E-state index >= 15 is 0 Å². The number of benzene rings is 1. The zero-order valence-electron chi connectivity index (χ0n) is 11.8. The third kappa shape index (κ3) is 2.72. The second-order valence-electron chi connectivity index (χ2n) is 5.78. The number of carbonyl (C=O) groups excluding carboxylic acids is 1. The van der Waals surface area contributed by atoms with Crippen molar-refractivity contribution in [1.29, 1.82) is 0 Å². The highest BCUT2D eigenvalue weighted by molar-refractivity contribution is 5.80. The van der Waals surface area contributed by atoms with Gasteiger partial charge in [-0.3, -0.25) is 4.79 Å². The summed E-state index contributed by atoms with van der Waals surface area (Å²) in [6.07, 6.45) is 7.58. The molecule has 1 saturated carbocycles. The lowest BCUT2D eigenvalue weighted by Crippen LogP contribution is -2.34. The van der Waals surface area contributed by atoms with E-state index < -0.39 is 0 Å². The summed E-state index contributed by atoms with van der Waals surface area (Å²) in [5, 5.41) is 3.08. The van der Waals surface area contributed by atoms with E-state index in [-0.39, 0.29) is 11.8 Å². The SMILES string of the molecule is COc1ccc(CCNC(=O)C2CC3C=CC2C3)cc1. The van der Waals surface area contributed by atoms with Crippen molar-refractivity contribution in [3.05, 3.63) is 42.0 Å². The number of fused-ring (bicyclic) bond motifs is 2. The Labute approximate surface area is 120 Å². The maximum atomic E-state index is 12.2. The molecule has 3 nitrogen and oxygen atoms in total. The van der Waals surface area contributed by atoms with Gasteiger partial charge in [0.05, 0.1) is 7.11 Å². The molecule has 20 heavy (non-hydrogen) atoms. The molecule has 2 bridgehead atoms. The normalized spacial score (nSPS) is 26.8. The van der Waals surface area contributed by atoms with Gasteiger partial charge in [0.25, 0.3) is 0 Å². The van der Waals surface area contributed by atoms with Crippen LogP contribution in [0.4, 0.5) is 0 Å². The van der Waals surface area contributed by atoms with E-state index in [9.17, 15) is 4.79 Å². The summed E-state index contributed by atoms with van der Waals surface area (Å²) in [7, 11) is 1.67. The van der Waals surface area contributed by atoms with Crippen LogP contribution in [0.1, 0.15) is 18.4 Å². The number of hydrogen-bond acceptors (Lipinski definition) is 2. The van der Waals surface area contributed by atoms with Crippen molar-refractivity contribution in [3.8, 4) is 5.75 Å². The maximum Gasteiger partial charge on any atom is 0.223 e. The average Bonchev–Trinajstić information content (AvgIpc) is 3.10. The summed E-state index contributed by atoms with van der Waals surface area (Å²) in [6, 6.07) is 8.01. The molecule has 0 heterocycles. The largest absolute Gasteiger partial charge is 0.497 e. The maximum absolute atomic E-state index is 12.2. The molecule has 0 aromatic heterocycles. The third-order valence-electron chi connectivity index (χ3n) is 4.49. The lowest BCUT2D eigenvalue weighted by atomic mass is 9.93. The van der Waals surface area contributed by atoms with Crippen molar-refractivity contribution >= 4 is 5.91 Å². The van der Waals surface area contributed by atoms with Crippen molar-refractivity contribution in [3.63, 3.8) is 0 Å². The van der Waals surface area contributed by atoms with Gasteiger partial charge in [-0.05, 0) is 48.8 Å². The Bertz CT molecular complexity index is 506. The van der Waals surface area contributed by atoms with Gasteiger partial charge in [-0.2, -0.15) is 0 Å². The molecule has 0 saturated heterocycles. The number of rotatable bonds is 5. The Kier molecular flexibility index (Phi) is 3.77. The zero-order chi connectivity index (χ0) is 13.9. The molecular weight excluding hydrogens is 250 g/mol. The molecule has 3 unspecified atom stereocenters. The van der Waals surface area contributed by atoms with Gasteiger partial charge in [0.2, 0.25) is 5.91 Å². The van der Waals surface area contributed by atoms with Crippen LogP contribution in [-0.4, -0.2) is 19.6 Å². The lowest BCUT2D eigenvalue weighted by molar-refractivity contribution is -0.125. The first-order chi connectivity index (χ1) is 9.76. The first kappa shape index (κ1) is 13.2. The average molecular weight is 271 g/mol. The van der Waals surface area contributed by atoms with Crippen LogP contribution in [0.25, 0.3) is 0 Å². The Morgan fingerprint density at radius 1 is 1.25 bits per heavy atom. The van der Waals surface area contributed by atoms with Crippen molar-refractivity contribution in [1.82, 2.24) is 5.32 Å². The summed E-state index contributed by atoms with van der Waals surface area (Å²) in [5.41, 5.74) is 1.22. The molecule has 3 rings (SSSR count). The number of amides is 1. The van der Waals surface area contributed by atoms with Gasteiger partial charge in [-0.25, -0.2) is 0 Å². The predicted octanol–water partition coefficient (Wildman–Crippen LogP) is 2.57. The van der Waals surface area contributed by atoms with Crippen LogP contribution in [0.15, 0.2) is 36.4 Å². The summed E-state index contributed by atoms with van der Waals surface area (Å²) in [4.78, 5) is 12.2. The van der Waals surface area contributed by atoms with Crippen LogP contribution >= 0.6 is 0 Å². The summed E-state index contributed by atoms with van der Waals surface area (Å²) in [5.74, 6) is 2.45. The van der Waals surface area contributed by atoms with Crippen LogP contribution in [0, 0.1) is 17.8 Å². The number of methoxy groups -OCH3 is 1. The molecule has 2 aliphatic carbocycles. The van der Waals surface area contributed by atoms with E-state index in [2.05, 4.69) is 17.5 Å². The lowest BCUT2D eigenvalue weighted by Gasteiger charge is -2.17. The van der Waals surface area contributed by atoms with E-state index in [1.807, 2.05) is 24.3 Å². The standard InChI is InChI=1S/C17H21NO2/c1-20-15-6-3-12(4-7-15)8-9-18-17(19)16-11-13-2-5-14(16)10-13/h2-7,13-14,16H,8-11H2,1H3,(H,18,19). The Morgan fingerprint density at radius 2 is 2.05 bits per heavy atom. The molecule has 1 aromatic carbocycles. The van der Waals surface area contributed by atoms with Crippen LogP contribution < -0.4 is 10.1 Å². The smallest absolute Gasteiger partial charge is 0.223 e. The molecule has 1 aromatic rings. The van der Waals surface area contributed by atoms with Crippen molar-refractivity contribution < 1.29 is 9.53 Å². The topological polar surface area (TPSA) is 38.3 Å². The second kappa shape index (κ2) is 5.70. The summed E-state index contributed by atoms with van der Waals surface area (Å²) >= 11 is 0. The van der Waals surface area contributed by atoms with Crippen molar-refractivity contribution in [2.24, 2.45) is 17.8 Å². The number of hydrogen-bond donors (Lipinski definition) is 1. The van der Waals surface area contributed by atoms with Crippen LogP contribution in [0.5, 0.6) is 5.75 Å². The molecule has 3 heteroatoms. The summed E-state index contributed by atoms with van der Waals surface area (Å²) < 4.78 is 5.13. The summed E-state index contributed by atoms with van der Waals surface area (Å²) in [6.45, 7) is 0.711. The van der Waals surface area contributed by atoms with Gasteiger partial charge in [-0.1, -0.05) is 24.3 Å². The zero-order valence-corrected chi connectivity index (χ0v) is 11.8. The fraction of sp³-hybridized carbons (Fsp3) is 0.471. The first-order valence-electron chi connectivity index (χ1n) is 7.35. The molecule has 2 aliphatic rings.